The summed E-state index contributed by atoms with van der Waals surface area (Å²) in [6.07, 6.45) is 16.5. The third-order valence-corrected chi connectivity index (χ3v) is 15.4. The number of hydrogen-bond acceptors (Lipinski definition) is 8. The van der Waals surface area contributed by atoms with Crippen LogP contribution in [0.15, 0.2) is 0 Å². The highest BCUT2D eigenvalue weighted by molar-refractivity contribution is 7.80. The van der Waals surface area contributed by atoms with Crippen molar-refractivity contribution >= 4 is 10.4 Å². The van der Waals surface area contributed by atoms with E-state index in [-0.39, 0.29) is 17.4 Å². The lowest BCUT2D eigenvalue weighted by Crippen LogP contribution is -2.59. The molecule has 4 aliphatic carbocycles. The molecule has 0 aromatic rings. The quantitative estimate of drug-likeness (QED) is 0.0447. The first-order chi connectivity index (χ1) is 24.7. The van der Waals surface area contributed by atoms with Crippen molar-refractivity contribution in [2.75, 3.05) is 45.8 Å². The minimum absolute atomic E-state index is 0.0139. The van der Waals surface area contributed by atoms with Gasteiger partial charge in [-0.25, -0.2) is 4.18 Å². The summed E-state index contributed by atoms with van der Waals surface area (Å²) < 4.78 is 37.3. The summed E-state index contributed by atoms with van der Waals surface area (Å²) in [5.41, 5.74) is 0.543. The van der Waals surface area contributed by atoms with Crippen LogP contribution in [0.25, 0.3) is 0 Å². The molecular weight excluding hydrogens is 673 g/mol. The van der Waals surface area contributed by atoms with Gasteiger partial charge in [-0.2, -0.15) is 8.42 Å². The molecule has 0 bridgehead atoms. The zero-order valence-electron chi connectivity index (χ0n) is 34.4. The zero-order valence-corrected chi connectivity index (χ0v) is 35.3. The van der Waals surface area contributed by atoms with Crippen LogP contribution >= 0.6 is 0 Å². The van der Waals surface area contributed by atoms with Gasteiger partial charge >= 0.3 is 10.4 Å². The van der Waals surface area contributed by atoms with Crippen LogP contribution in [0.4, 0.5) is 0 Å². The van der Waals surface area contributed by atoms with Gasteiger partial charge in [0.2, 0.25) is 0 Å². The van der Waals surface area contributed by atoms with E-state index in [1.807, 2.05) is 13.8 Å². The third kappa shape index (κ3) is 12.3. The number of fused-ring (bicyclic) bond motifs is 5. The zero-order chi connectivity index (χ0) is 37.9. The van der Waals surface area contributed by atoms with E-state index in [1.165, 1.54) is 77.0 Å². The van der Waals surface area contributed by atoms with E-state index >= 15 is 0 Å². The van der Waals surface area contributed by atoms with Crippen molar-refractivity contribution < 1.29 is 22.3 Å². The van der Waals surface area contributed by atoms with Gasteiger partial charge in [0.1, 0.15) is 0 Å². The van der Waals surface area contributed by atoms with Crippen LogP contribution in [0.5, 0.6) is 0 Å². The molecular formula is C42H82N4O5S. The van der Waals surface area contributed by atoms with Crippen LogP contribution in [0.2, 0.25) is 0 Å². The standard InChI is InChI=1S/C42H82N4O5S/c1-30(2)18-27-45-24-10-23-43-21-8-9-22-44-25-11-26-46-34-16-19-41(6)33(28-34)29-38(47)40-36-14-13-35(42(36,7)20-17-37(40)41)32(5)12-15-39(31(3)4)51-52(48,49)50/h30-40,43-47H,8-29H2,1-7H3,(H,48,49,50)/t32-,33-,34+,35-,36?,37?,38-,39-,40?,41+,42-/m1/s1. The number of nitrogens with one attached hydrogen (secondary N) is 4. The molecule has 4 saturated carbocycles. The summed E-state index contributed by atoms with van der Waals surface area (Å²) in [6.45, 7) is 23.6. The normalized spacial score (nSPS) is 34.6. The van der Waals surface area contributed by atoms with Gasteiger partial charge in [0, 0.05) is 6.04 Å². The van der Waals surface area contributed by atoms with E-state index in [0.717, 1.165) is 64.6 Å². The number of hydrogen-bond donors (Lipinski definition) is 6. The van der Waals surface area contributed by atoms with E-state index in [2.05, 4.69) is 55.9 Å². The molecule has 0 amide bonds. The summed E-state index contributed by atoms with van der Waals surface area (Å²) in [4.78, 5) is 0. The highest BCUT2D eigenvalue weighted by Gasteiger charge is 2.62. The van der Waals surface area contributed by atoms with Crippen molar-refractivity contribution in [3.8, 4) is 0 Å². The average molecular weight is 755 g/mol. The predicted octanol–water partition coefficient (Wildman–Crippen LogP) is 7.21. The average Bonchev–Trinajstić information content (AvgIpc) is 3.43. The number of aliphatic hydroxyl groups excluding tert-OH is 1. The summed E-state index contributed by atoms with van der Waals surface area (Å²) in [5, 5.41) is 26.6. The lowest BCUT2D eigenvalue weighted by molar-refractivity contribution is -0.167. The lowest BCUT2D eigenvalue weighted by atomic mass is 9.43. The maximum Gasteiger partial charge on any atom is 0.397 e. The number of rotatable bonds is 24. The van der Waals surface area contributed by atoms with Gasteiger partial charge in [-0.3, -0.25) is 4.55 Å². The summed E-state index contributed by atoms with van der Waals surface area (Å²) in [5.74, 6) is 3.98. The molecule has 0 aromatic heterocycles. The smallest absolute Gasteiger partial charge is 0.393 e. The van der Waals surface area contributed by atoms with Crippen LogP contribution in [-0.4, -0.2) is 82.1 Å². The fraction of sp³-hybridized carbons (Fsp3) is 1.00. The van der Waals surface area contributed by atoms with Crippen LogP contribution in [0.1, 0.15) is 145 Å². The highest BCUT2D eigenvalue weighted by Crippen LogP contribution is 2.68. The third-order valence-electron chi connectivity index (χ3n) is 14.9. The molecule has 4 rings (SSSR count). The molecule has 10 heteroatoms. The Morgan fingerprint density at radius 2 is 1.31 bits per heavy atom. The van der Waals surface area contributed by atoms with Crippen molar-refractivity contribution in [3.63, 3.8) is 0 Å². The van der Waals surface area contributed by atoms with Gasteiger partial charge in [0.25, 0.3) is 0 Å². The van der Waals surface area contributed by atoms with Crippen LogP contribution in [0.3, 0.4) is 0 Å². The molecule has 52 heavy (non-hydrogen) atoms. The van der Waals surface area contributed by atoms with Gasteiger partial charge in [-0.1, -0.05) is 48.5 Å². The fourth-order valence-electron chi connectivity index (χ4n) is 11.8. The molecule has 0 radical (unpaired) electrons. The van der Waals surface area contributed by atoms with E-state index in [4.69, 9.17) is 4.18 Å². The highest BCUT2D eigenvalue weighted by atomic mass is 32.3. The van der Waals surface area contributed by atoms with Gasteiger partial charge in [-0.05, 0) is 200 Å². The second-order valence-electron chi connectivity index (χ2n) is 19.2. The van der Waals surface area contributed by atoms with Crippen molar-refractivity contribution in [2.24, 2.45) is 58.2 Å². The van der Waals surface area contributed by atoms with Crippen molar-refractivity contribution in [2.45, 2.75) is 163 Å². The number of aliphatic hydroxyl groups is 1. The first kappa shape index (κ1) is 44.4. The molecule has 9 nitrogen and oxygen atoms in total. The van der Waals surface area contributed by atoms with E-state index < -0.39 is 16.5 Å². The first-order valence-electron chi connectivity index (χ1n) is 21.8. The van der Waals surface area contributed by atoms with Crippen molar-refractivity contribution in [1.29, 1.82) is 0 Å². The molecule has 0 aliphatic heterocycles. The Labute approximate surface area is 320 Å². The largest absolute Gasteiger partial charge is 0.397 e. The fourth-order valence-corrected chi connectivity index (χ4v) is 12.4. The van der Waals surface area contributed by atoms with E-state index in [1.54, 1.807) is 0 Å². The van der Waals surface area contributed by atoms with Gasteiger partial charge in [0.05, 0.1) is 12.2 Å². The topological polar surface area (TPSA) is 132 Å². The summed E-state index contributed by atoms with van der Waals surface area (Å²) in [7, 11) is -4.46. The maximum atomic E-state index is 11.9. The summed E-state index contributed by atoms with van der Waals surface area (Å²) >= 11 is 0. The van der Waals surface area contributed by atoms with Gasteiger partial charge in [-0.15, -0.1) is 0 Å². The molecule has 0 heterocycles. The molecule has 4 aliphatic rings. The van der Waals surface area contributed by atoms with Gasteiger partial charge < -0.3 is 26.4 Å². The van der Waals surface area contributed by atoms with E-state index in [9.17, 15) is 18.1 Å². The molecule has 306 valence electrons. The van der Waals surface area contributed by atoms with Crippen LogP contribution < -0.4 is 21.3 Å². The van der Waals surface area contributed by atoms with E-state index in [0.29, 0.717) is 53.4 Å². The molecule has 0 saturated heterocycles. The van der Waals surface area contributed by atoms with Crippen molar-refractivity contribution in [3.05, 3.63) is 0 Å². The minimum atomic E-state index is -4.46. The first-order valence-corrected chi connectivity index (χ1v) is 23.2. The molecule has 4 fully saturated rings. The SMILES string of the molecule is CC(C)CCNCCCNCCCCNCCCN[C@H]1CC[C@]2(C)C3CC[C@@]4(C)C(CC[C@@H]4[C@H](C)CC[C@@H](OS(=O)(=O)O)C(C)C)C3[C@H](O)C[C@H]2C1. The molecule has 3 unspecified atom stereocenters. The number of unbranched alkanes of at least 4 members (excludes halogenated alkanes) is 1. The second kappa shape index (κ2) is 20.7. The molecule has 0 aromatic carbocycles. The minimum Gasteiger partial charge on any atom is -0.393 e. The Bertz CT molecular complexity index is 1140. The van der Waals surface area contributed by atoms with Crippen LogP contribution in [0, 0.1) is 58.2 Å². The molecule has 6 N–H and O–H groups in total. The van der Waals surface area contributed by atoms with Crippen molar-refractivity contribution in [1.82, 2.24) is 21.3 Å². The monoisotopic (exact) mass is 755 g/mol. The van der Waals surface area contributed by atoms with Crippen LogP contribution in [-0.2, 0) is 14.6 Å². The molecule has 0 spiro atoms. The maximum absolute atomic E-state index is 11.9. The lowest BCUT2D eigenvalue weighted by Gasteiger charge is -2.62. The summed E-state index contributed by atoms with van der Waals surface area (Å²) in [6, 6.07) is 0.573. The Morgan fingerprint density at radius 3 is 1.94 bits per heavy atom. The predicted molar refractivity (Wildman–Crippen MR) is 215 cm³/mol. The second-order valence-corrected chi connectivity index (χ2v) is 20.2. The van der Waals surface area contributed by atoms with Gasteiger partial charge in [0.15, 0.2) is 0 Å². The Balaban J connectivity index is 1.13. The Hall–Kier alpha value is -0.330. The molecule has 11 atom stereocenters. The Kier molecular flexibility index (Phi) is 17.7. The Morgan fingerprint density at radius 1 is 0.712 bits per heavy atom.